The summed E-state index contributed by atoms with van der Waals surface area (Å²) in [5, 5.41) is 5.53. The molecule has 0 aliphatic carbocycles. The first-order valence-corrected chi connectivity index (χ1v) is 5.34. The Kier molecular flexibility index (Phi) is 4.25. The number of benzene rings is 1. The van der Waals surface area contributed by atoms with E-state index in [1.165, 1.54) is 17.5 Å². The topological polar surface area (TPSA) is 61.3 Å². The van der Waals surface area contributed by atoms with Gasteiger partial charge >= 0.3 is 0 Å². The quantitative estimate of drug-likeness (QED) is 0.743. The molecule has 0 fully saturated rings. The van der Waals surface area contributed by atoms with E-state index in [2.05, 4.69) is 0 Å². The van der Waals surface area contributed by atoms with Gasteiger partial charge in [0.05, 0.1) is 12.0 Å². The highest BCUT2D eigenvalue weighted by Gasteiger charge is 2.04. The number of hydrogen-bond acceptors (Lipinski definition) is 4. The molecule has 0 saturated carbocycles. The Morgan fingerprint density at radius 2 is 2.21 bits per heavy atom. The fourth-order valence-electron chi connectivity index (χ4n) is 1.31. The van der Waals surface area contributed by atoms with Crippen LogP contribution in [0.25, 0.3) is 0 Å². The molecule has 0 radical (unpaired) electrons. The summed E-state index contributed by atoms with van der Waals surface area (Å²) in [5.41, 5.74) is 6.91. The zero-order valence-corrected chi connectivity index (χ0v) is 9.30. The van der Waals surface area contributed by atoms with Crippen LogP contribution in [-0.2, 0) is 6.42 Å². The van der Waals surface area contributed by atoms with Crippen LogP contribution < -0.4 is 15.6 Å². The van der Waals surface area contributed by atoms with Crippen LogP contribution in [0.1, 0.15) is 12.5 Å². The lowest BCUT2D eigenvalue weighted by Gasteiger charge is -2.09. The van der Waals surface area contributed by atoms with E-state index in [9.17, 15) is 0 Å². The summed E-state index contributed by atoms with van der Waals surface area (Å²) < 4.78 is 5.16. The standard InChI is InChI=1S/C10H16N2OS/c1-7(11)5-8-3-4-9(13-2)10(6-8)14-12/h3-4,6-7H,5,11-12H2,1-2H3. The van der Waals surface area contributed by atoms with Crippen molar-refractivity contribution < 1.29 is 4.74 Å². The first-order valence-electron chi connectivity index (χ1n) is 4.46. The van der Waals surface area contributed by atoms with E-state index >= 15 is 0 Å². The maximum absolute atomic E-state index is 5.72. The van der Waals surface area contributed by atoms with Gasteiger partial charge < -0.3 is 10.5 Å². The van der Waals surface area contributed by atoms with Crippen LogP contribution in [0.2, 0.25) is 0 Å². The van der Waals surface area contributed by atoms with Crippen LogP contribution in [0, 0.1) is 0 Å². The minimum absolute atomic E-state index is 0.166. The summed E-state index contributed by atoms with van der Waals surface area (Å²) in [4.78, 5) is 0.950. The average molecular weight is 212 g/mol. The van der Waals surface area contributed by atoms with Crippen LogP contribution in [0.4, 0.5) is 0 Å². The number of hydrogen-bond donors (Lipinski definition) is 2. The van der Waals surface area contributed by atoms with E-state index in [-0.39, 0.29) is 6.04 Å². The Hall–Kier alpha value is -0.710. The molecule has 78 valence electrons. The predicted octanol–water partition coefficient (Wildman–Crippen LogP) is 1.55. The molecular formula is C10H16N2OS. The van der Waals surface area contributed by atoms with E-state index in [4.69, 9.17) is 15.6 Å². The Balaban J connectivity index is 2.89. The molecule has 14 heavy (non-hydrogen) atoms. The molecule has 0 heterocycles. The van der Waals surface area contributed by atoms with Crippen molar-refractivity contribution >= 4 is 11.9 Å². The summed E-state index contributed by atoms with van der Waals surface area (Å²) in [5.74, 6) is 0.811. The normalized spacial score (nSPS) is 12.6. The van der Waals surface area contributed by atoms with Crippen LogP contribution >= 0.6 is 11.9 Å². The number of nitrogens with two attached hydrogens (primary N) is 2. The third-order valence-electron chi connectivity index (χ3n) is 1.91. The molecule has 4 N–H and O–H groups in total. The van der Waals surface area contributed by atoms with Crippen molar-refractivity contribution in [1.29, 1.82) is 0 Å². The summed E-state index contributed by atoms with van der Waals surface area (Å²) in [6.45, 7) is 1.99. The first kappa shape index (κ1) is 11.4. The van der Waals surface area contributed by atoms with Crippen molar-refractivity contribution in [2.24, 2.45) is 10.9 Å². The van der Waals surface area contributed by atoms with Gasteiger partial charge in [-0.05, 0) is 43.0 Å². The van der Waals surface area contributed by atoms with Gasteiger partial charge in [-0.2, -0.15) is 0 Å². The monoisotopic (exact) mass is 212 g/mol. The molecule has 1 aromatic carbocycles. The SMILES string of the molecule is COc1ccc(CC(C)N)cc1SN. The van der Waals surface area contributed by atoms with Crippen molar-refractivity contribution in [2.75, 3.05) is 7.11 Å². The minimum atomic E-state index is 0.166. The van der Waals surface area contributed by atoms with Crippen LogP contribution in [0.5, 0.6) is 5.75 Å². The van der Waals surface area contributed by atoms with Crippen LogP contribution in [-0.4, -0.2) is 13.2 Å². The Morgan fingerprint density at radius 1 is 1.50 bits per heavy atom. The van der Waals surface area contributed by atoms with Gasteiger partial charge in [0.25, 0.3) is 0 Å². The second-order valence-corrected chi connectivity index (χ2v) is 3.96. The number of rotatable bonds is 4. The lowest BCUT2D eigenvalue weighted by atomic mass is 10.1. The second-order valence-electron chi connectivity index (χ2n) is 3.28. The first-order chi connectivity index (χ1) is 6.67. The van der Waals surface area contributed by atoms with Crippen LogP contribution in [0.15, 0.2) is 23.1 Å². The van der Waals surface area contributed by atoms with Crippen molar-refractivity contribution in [1.82, 2.24) is 0 Å². The highest BCUT2D eigenvalue weighted by molar-refractivity contribution is 7.97. The third kappa shape index (κ3) is 2.90. The molecule has 1 aromatic rings. The molecule has 1 atom stereocenters. The van der Waals surface area contributed by atoms with Gasteiger partial charge in [-0.1, -0.05) is 6.07 Å². The van der Waals surface area contributed by atoms with Crippen LogP contribution in [0.3, 0.4) is 0 Å². The van der Waals surface area contributed by atoms with Crippen molar-refractivity contribution in [3.8, 4) is 5.75 Å². The van der Waals surface area contributed by atoms with Gasteiger partial charge in [0.15, 0.2) is 0 Å². The Labute approximate surface area is 88.9 Å². The van der Waals surface area contributed by atoms with E-state index in [1.54, 1.807) is 7.11 Å². The molecular weight excluding hydrogens is 196 g/mol. The molecule has 0 aliphatic rings. The Morgan fingerprint density at radius 3 is 2.71 bits per heavy atom. The number of ether oxygens (including phenoxy) is 1. The summed E-state index contributed by atoms with van der Waals surface area (Å²) in [6.07, 6.45) is 0.859. The largest absolute Gasteiger partial charge is 0.496 e. The zero-order valence-electron chi connectivity index (χ0n) is 8.49. The van der Waals surface area contributed by atoms with Gasteiger partial charge in [-0.25, -0.2) is 0 Å². The molecule has 0 amide bonds. The highest BCUT2D eigenvalue weighted by Crippen LogP contribution is 2.26. The van der Waals surface area contributed by atoms with E-state index in [1.807, 2.05) is 25.1 Å². The van der Waals surface area contributed by atoms with E-state index in [0.29, 0.717) is 0 Å². The molecule has 1 unspecified atom stereocenters. The molecule has 0 aliphatic heterocycles. The lowest BCUT2D eigenvalue weighted by molar-refractivity contribution is 0.404. The van der Waals surface area contributed by atoms with Gasteiger partial charge in [-0.15, -0.1) is 0 Å². The predicted molar refractivity (Wildman–Crippen MR) is 60.4 cm³/mol. The minimum Gasteiger partial charge on any atom is -0.496 e. The van der Waals surface area contributed by atoms with Gasteiger partial charge in [0, 0.05) is 6.04 Å². The summed E-state index contributed by atoms with van der Waals surface area (Å²) >= 11 is 1.20. The average Bonchev–Trinajstić information content (AvgIpc) is 2.16. The van der Waals surface area contributed by atoms with E-state index < -0.39 is 0 Å². The molecule has 0 bridgehead atoms. The highest BCUT2D eigenvalue weighted by atomic mass is 32.2. The summed E-state index contributed by atoms with van der Waals surface area (Å²) in [7, 11) is 1.64. The fourth-order valence-corrected chi connectivity index (χ4v) is 1.80. The molecule has 0 spiro atoms. The second kappa shape index (κ2) is 5.24. The van der Waals surface area contributed by atoms with Gasteiger partial charge in [0.1, 0.15) is 5.75 Å². The third-order valence-corrected chi connectivity index (χ3v) is 2.49. The number of methoxy groups -OCH3 is 1. The van der Waals surface area contributed by atoms with Crippen molar-refractivity contribution in [2.45, 2.75) is 24.3 Å². The lowest BCUT2D eigenvalue weighted by Crippen LogP contribution is -2.17. The molecule has 1 rings (SSSR count). The maximum Gasteiger partial charge on any atom is 0.133 e. The summed E-state index contributed by atoms with van der Waals surface area (Å²) in [6, 6.07) is 6.13. The van der Waals surface area contributed by atoms with Crippen molar-refractivity contribution in [3.63, 3.8) is 0 Å². The molecule has 3 nitrogen and oxygen atoms in total. The maximum atomic E-state index is 5.72. The van der Waals surface area contributed by atoms with Gasteiger partial charge in [-0.3, -0.25) is 5.14 Å². The fraction of sp³-hybridized carbons (Fsp3) is 0.400. The van der Waals surface area contributed by atoms with Gasteiger partial charge in [0.2, 0.25) is 0 Å². The molecule has 0 aromatic heterocycles. The van der Waals surface area contributed by atoms with Crippen molar-refractivity contribution in [3.05, 3.63) is 23.8 Å². The zero-order chi connectivity index (χ0) is 10.6. The molecule has 4 heteroatoms. The Bertz CT molecular complexity index is 302. The molecule has 0 saturated heterocycles. The van der Waals surface area contributed by atoms with E-state index in [0.717, 1.165) is 17.1 Å². The smallest absolute Gasteiger partial charge is 0.133 e.